The van der Waals surface area contributed by atoms with E-state index in [4.69, 9.17) is 9.47 Å². The van der Waals surface area contributed by atoms with Crippen LogP contribution in [0.3, 0.4) is 0 Å². The number of ether oxygens (including phenoxy) is 2. The molecule has 2 aromatic rings. The molecule has 0 fully saturated rings. The first kappa shape index (κ1) is 20.8. The molecule has 1 aliphatic rings. The molecule has 0 spiro atoms. The van der Waals surface area contributed by atoms with Gasteiger partial charge in [0.05, 0.1) is 25.2 Å². The second kappa shape index (κ2) is 8.62. The van der Waals surface area contributed by atoms with E-state index in [1.807, 2.05) is 30.3 Å². The Balaban J connectivity index is 1.80. The zero-order chi connectivity index (χ0) is 21.0. The van der Waals surface area contributed by atoms with Crippen LogP contribution in [0.2, 0.25) is 0 Å². The lowest BCUT2D eigenvalue weighted by molar-refractivity contribution is -0.125. The largest absolute Gasteiger partial charge is 0.493 e. The molecule has 8 nitrogen and oxygen atoms in total. The van der Waals surface area contributed by atoms with Crippen LogP contribution in [0.25, 0.3) is 0 Å². The third kappa shape index (κ3) is 4.57. The molecule has 154 valence electrons. The quantitative estimate of drug-likeness (QED) is 0.645. The van der Waals surface area contributed by atoms with Crippen molar-refractivity contribution in [2.75, 3.05) is 14.2 Å². The van der Waals surface area contributed by atoms with Crippen LogP contribution < -0.4 is 19.5 Å². The van der Waals surface area contributed by atoms with Gasteiger partial charge in [-0.25, -0.2) is 8.42 Å². The highest BCUT2D eigenvalue weighted by Gasteiger charge is 2.35. The van der Waals surface area contributed by atoms with Gasteiger partial charge in [0.15, 0.2) is 11.5 Å². The summed E-state index contributed by atoms with van der Waals surface area (Å²) in [6, 6.07) is 10.4. The van der Waals surface area contributed by atoms with Gasteiger partial charge < -0.3 is 19.6 Å². The van der Waals surface area contributed by atoms with Crippen LogP contribution in [0.5, 0.6) is 11.5 Å². The summed E-state index contributed by atoms with van der Waals surface area (Å²) in [7, 11) is -1.07. The standard InChI is InChI=1S/C20H22N2O6S/c1-27-17-10-14-9-16(22-29(25,26)19(14)11-18(17)28-2)20(24)21-15(12-23)8-13-6-4-3-5-7-13/h3-7,10-12,15-16,22H,8-9H2,1-2H3,(H,21,24)/t15-,16-/m0/s1. The van der Waals surface area contributed by atoms with Crippen LogP contribution in [0.4, 0.5) is 0 Å². The normalized spacial score (nSPS) is 18.2. The third-order valence-electron chi connectivity index (χ3n) is 4.68. The summed E-state index contributed by atoms with van der Waals surface area (Å²) in [5, 5.41) is 2.61. The molecule has 9 heteroatoms. The second-order valence-electron chi connectivity index (χ2n) is 6.63. The number of carbonyl (C=O) groups excluding carboxylic acids is 2. The van der Waals surface area contributed by atoms with Gasteiger partial charge in [-0.3, -0.25) is 4.79 Å². The topological polar surface area (TPSA) is 111 Å². The Labute approximate surface area is 169 Å². The lowest BCUT2D eigenvalue weighted by Gasteiger charge is -2.27. The smallest absolute Gasteiger partial charge is 0.241 e. The minimum atomic E-state index is -3.93. The minimum absolute atomic E-state index is 0.0374. The Hall–Kier alpha value is -2.91. The molecule has 2 atom stereocenters. The summed E-state index contributed by atoms with van der Waals surface area (Å²) < 4.78 is 38.1. The zero-order valence-corrected chi connectivity index (χ0v) is 16.9. The van der Waals surface area contributed by atoms with E-state index in [-0.39, 0.29) is 17.1 Å². The van der Waals surface area contributed by atoms with Crippen LogP contribution in [0.1, 0.15) is 11.1 Å². The molecule has 2 aromatic carbocycles. The second-order valence-corrected chi connectivity index (χ2v) is 8.32. The van der Waals surface area contributed by atoms with E-state index in [0.29, 0.717) is 24.0 Å². The Morgan fingerprint density at radius 2 is 1.86 bits per heavy atom. The van der Waals surface area contributed by atoms with E-state index in [9.17, 15) is 18.0 Å². The number of fused-ring (bicyclic) bond motifs is 1. The van der Waals surface area contributed by atoms with Crippen LogP contribution >= 0.6 is 0 Å². The number of amides is 1. The molecular weight excluding hydrogens is 396 g/mol. The van der Waals surface area contributed by atoms with Gasteiger partial charge in [-0.05, 0) is 30.0 Å². The number of benzene rings is 2. The Kier molecular flexibility index (Phi) is 6.19. The SMILES string of the molecule is COc1cc2c(cc1OC)S(=O)(=O)N[C@H](C(=O)N[C@H](C=O)Cc1ccccc1)C2. The molecule has 0 aromatic heterocycles. The average molecular weight is 418 g/mol. The maximum atomic E-state index is 12.7. The zero-order valence-electron chi connectivity index (χ0n) is 16.0. The fourth-order valence-electron chi connectivity index (χ4n) is 3.26. The van der Waals surface area contributed by atoms with E-state index in [2.05, 4.69) is 10.0 Å². The van der Waals surface area contributed by atoms with Crippen molar-refractivity contribution >= 4 is 22.2 Å². The van der Waals surface area contributed by atoms with E-state index in [1.54, 1.807) is 6.07 Å². The molecule has 0 bridgehead atoms. The Bertz CT molecular complexity index is 1010. The number of aldehydes is 1. The van der Waals surface area contributed by atoms with Crippen LogP contribution in [0.15, 0.2) is 47.4 Å². The third-order valence-corrected chi connectivity index (χ3v) is 6.24. The maximum absolute atomic E-state index is 12.7. The number of methoxy groups -OCH3 is 2. The van der Waals surface area contributed by atoms with Crippen LogP contribution in [0, 0.1) is 0 Å². The fraction of sp³-hybridized carbons (Fsp3) is 0.300. The molecule has 1 heterocycles. The minimum Gasteiger partial charge on any atom is -0.493 e. The molecule has 1 amide bonds. The highest BCUT2D eigenvalue weighted by molar-refractivity contribution is 7.89. The monoisotopic (exact) mass is 418 g/mol. The van der Waals surface area contributed by atoms with Gasteiger partial charge in [-0.2, -0.15) is 4.72 Å². The lowest BCUT2D eigenvalue weighted by atomic mass is 10.0. The number of rotatable bonds is 7. The first-order valence-corrected chi connectivity index (χ1v) is 10.4. The molecule has 3 rings (SSSR count). The Morgan fingerprint density at radius 1 is 1.21 bits per heavy atom. The summed E-state index contributed by atoms with van der Waals surface area (Å²) >= 11 is 0. The van der Waals surface area contributed by atoms with Gasteiger partial charge in [0, 0.05) is 6.07 Å². The number of carbonyl (C=O) groups is 2. The van der Waals surface area contributed by atoms with Crippen molar-refractivity contribution < 1.29 is 27.5 Å². The van der Waals surface area contributed by atoms with Crippen molar-refractivity contribution in [3.05, 3.63) is 53.6 Å². The summed E-state index contributed by atoms with van der Waals surface area (Å²) in [6.45, 7) is 0. The van der Waals surface area contributed by atoms with Crippen molar-refractivity contribution in [2.45, 2.75) is 29.8 Å². The highest BCUT2D eigenvalue weighted by atomic mass is 32.2. The van der Waals surface area contributed by atoms with Crippen molar-refractivity contribution in [1.82, 2.24) is 10.0 Å². The molecule has 1 aliphatic heterocycles. The molecule has 0 radical (unpaired) electrons. The summed E-state index contributed by atoms with van der Waals surface area (Å²) in [4.78, 5) is 24.1. The van der Waals surface area contributed by atoms with Gasteiger partial charge in [0.1, 0.15) is 12.3 Å². The number of hydrogen-bond acceptors (Lipinski definition) is 6. The molecule has 29 heavy (non-hydrogen) atoms. The predicted molar refractivity (Wildman–Crippen MR) is 106 cm³/mol. The molecule has 0 saturated heterocycles. The van der Waals surface area contributed by atoms with Gasteiger partial charge in [-0.1, -0.05) is 30.3 Å². The van der Waals surface area contributed by atoms with Crippen molar-refractivity contribution in [3.63, 3.8) is 0 Å². The van der Waals surface area contributed by atoms with Crippen molar-refractivity contribution in [3.8, 4) is 11.5 Å². The highest BCUT2D eigenvalue weighted by Crippen LogP contribution is 2.35. The lowest BCUT2D eigenvalue weighted by Crippen LogP contribution is -2.53. The van der Waals surface area contributed by atoms with Gasteiger partial charge in [0.25, 0.3) is 0 Å². The number of sulfonamides is 1. The molecule has 0 aliphatic carbocycles. The molecule has 2 N–H and O–H groups in total. The van der Waals surface area contributed by atoms with E-state index < -0.39 is 28.0 Å². The average Bonchev–Trinajstić information content (AvgIpc) is 2.72. The molecule has 0 saturated carbocycles. The van der Waals surface area contributed by atoms with Gasteiger partial charge in [-0.15, -0.1) is 0 Å². The fourth-order valence-corrected chi connectivity index (χ4v) is 4.70. The first-order valence-electron chi connectivity index (χ1n) is 8.94. The van der Waals surface area contributed by atoms with Gasteiger partial charge in [0.2, 0.25) is 15.9 Å². The van der Waals surface area contributed by atoms with Gasteiger partial charge >= 0.3 is 0 Å². The predicted octanol–water partition coefficient (Wildman–Crippen LogP) is 0.833. The van der Waals surface area contributed by atoms with E-state index in [0.717, 1.165) is 5.56 Å². The molecule has 0 unspecified atom stereocenters. The van der Waals surface area contributed by atoms with E-state index in [1.165, 1.54) is 20.3 Å². The van der Waals surface area contributed by atoms with Crippen LogP contribution in [-0.4, -0.2) is 46.9 Å². The first-order chi connectivity index (χ1) is 13.9. The van der Waals surface area contributed by atoms with Crippen LogP contribution in [-0.2, 0) is 32.5 Å². The van der Waals surface area contributed by atoms with E-state index >= 15 is 0 Å². The number of hydrogen-bond donors (Lipinski definition) is 2. The Morgan fingerprint density at radius 3 is 2.48 bits per heavy atom. The number of nitrogens with one attached hydrogen (secondary N) is 2. The maximum Gasteiger partial charge on any atom is 0.241 e. The summed E-state index contributed by atoms with van der Waals surface area (Å²) in [6.07, 6.45) is 1.08. The van der Waals surface area contributed by atoms with Crippen molar-refractivity contribution in [1.29, 1.82) is 0 Å². The molecular formula is C20H22N2O6S. The summed E-state index contributed by atoms with van der Waals surface area (Å²) in [5.74, 6) is 0.0859. The van der Waals surface area contributed by atoms with Crippen molar-refractivity contribution in [2.24, 2.45) is 0 Å². The summed E-state index contributed by atoms with van der Waals surface area (Å²) in [5.41, 5.74) is 1.32.